The average molecular weight is 497 g/mol. The predicted octanol–water partition coefficient (Wildman–Crippen LogP) is 6.52. The summed E-state index contributed by atoms with van der Waals surface area (Å²) in [6, 6.07) is 6.18. The molecule has 2 N–H and O–H groups in total. The van der Waals surface area contributed by atoms with E-state index in [1.54, 1.807) is 6.08 Å². The van der Waals surface area contributed by atoms with Crippen molar-refractivity contribution in [2.45, 2.75) is 64.6 Å². The molecule has 5 rings (SSSR count). The van der Waals surface area contributed by atoms with Crippen LogP contribution >= 0.6 is 0 Å². The lowest BCUT2D eigenvalue weighted by molar-refractivity contribution is -0.141. The third kappa shape index (κ3) is 4.40. The van der Waals surface area contributed by atoms with E-state index in [0.29, 0.717) is 30.6 Å². The SMILES string of the molecule is CC1=CCCC2=C1C(NC(=O)c1cc(C3=CCCCC3)c(C(F)(F)F)[nH]c1=O)c1ccc(C)cc1O2. The molecule has 1 aliphatic heterocycles. The zero-order chi connectivity index (χ0) is 25.6. The van der Waals surface area contributed by atoms with Crippen molar-refractivity contribution in [1.82, 2.24) is 10.3 Å². The number of pyridine rings is 1. The molecule has 2 aromatic rings. The Morgan fingerprint density at radius 2 is 1.89 bits per heavy atom. The molecule has 188 valence electrons. The van der Waals surface area contributed by atoms with Crippen LogP contribution in [-0.2, 0) is 6.18 Å². The first-order valence-electron chi connectivity index (χ1n) is 12.2. The van der Waals surface area contributed by atoms with Crippen LogP contribution < -0.4 is 15.6 Å². The minimum absolute atomic E-state index is 0.136. The Morgan fingerprint density at radius 3 is 2.61 bits per heavy atom. The van der Waals surface area contributed by atoms with E-state index in [4.69, 9.17) is 4.74 Å². The Morgan fingerprint density at radius 1 is 1.08 bits per heavy atom. The zero-order valence-corrected chi connectivity index (χ0v) is 20.1. The van der Waals surface area contributed by atoms with E-state index >= 15 is 0 Å². The molecule has 5 nitrogen and oxygen atoms in total. The van der Waals surface area contributed by atoms with Crippen molar-refractivity contribution in [3.05, 3.63) is 91.6 Å². The molecule has 1 aromatic heterocycles. The molecule has 8 heteroatoms. The van der Waals surface area contributed by atoms with Gasteiger partial charge < -0.3 is 15.0 Å². The van der Waals surface area contributed by atoms with E-state index < -0.39 is 29.4 Å². The summed E-state index contributed by atoms with van der Waals surface area (Å²) < 4.78 is 47.5. The zero-order valence-electron chi connectivity index (χ0n) is 20.1. The van der Waals surface area contributed by atoms with Crippen LogP contribution in [0.1, 0.15) is 84.2 Å². The monoisotopic (exact) mass is 496 g/mol. The summed E-state index contributed by atoms with van der Waals surface area (Å²) in [5.41, 5.74) is 1.36. The first kappa shape index (κ1) is 24.2. The maximum Gasteiger partial charge on any atom is 0.431 e. The average Bonchev–Trinajstić information content (AvgIpc) is 2.83. The second-order valence-corrected chi connectivity index (χ2v) is 9.59. The van der Waals surface area contributed by atoms with Gasteiger partial charge in [-0.1, -0.05) is 24.3 Å². The smallest absolute Gasteiger partial charge is 0.431 e. The van der Waals surface area contributed by atoms with Gasteiger partial charge in [-0.15, -0.1) is 0 Å². The van der Waals surface area contributed by atoms with Crippen LogP contribution in [0, 0.1) is 6.92 Å². The van der Waals surface area contributed by atoms with Crippen LogP contribution in [0.5, 0.6) is 5.75 Å². The normalized spacial score (nSPS) is 19.5. The number of fused-ring (bicyclic) bond motifs is 1. The van der Waals surface area contributed by atoms with Gasteiger partial charge in [-0.25, -0.2) is 0 Å². The summed E-state index contributed by atoms with van der Waals surface area (Å²) in [6.07, 6.45) is 3.34. The van der Waals surface area contributed by atoms with Crippen molar-refractivity contribution in [3.8, 4) is 5.75 Å². The number of rotatable bonds is 3. The number of nitrogens with one attached hydrogen (secondary N) is 2. The number of aromatic nitrogens is 1. The first-order chi connectivity index (χ1) is 17.1. The summed E-state index contributed by atoms with van der Waals surface area (Å²) in [6.45, 7) is 3.88. The standard InChI is InChI=1S/C28H27F3N2O3/c1-15-11-12-18-22(13-15)36-21-10-6-7-16(2)23(21)24(18)32-26(34)20-14-19(17-8-4-3-5-9-17)25(28(29,30)31)33-27(20)35/h7-8,11-14,24H,3-6,9-10H2,1-2H3,(H,32,34)(H,33,35). The molecule has 0 saturated carbocycles. The van der Waals surface area contributed by atoms with Crippen molar-refractivity contribution < 1.29 is 22.7 Å². The molecule has 3 aliphatic rings. The Hall–Kier alpha value is -3.55. The van der Waals surface area contributed by atoms with E-state index in [0.717, 1.165) is 53.4 Å². The summed E-state index contributed by atoms with van der Waals surface area (Å²) in [5, 5.41) is 2.93. The summed E-state index contributed by atoms with van der Waals surface area (Å²) in [5.74, 6) is 0.655. The molecule has 2 aliphatic carbocycles. The van der Waals surface area contributed by atoms with Gasteiger partial charge in [-0.05, 0) is 74.8 Å². The molecule has 0 bridgehead atoms. The molecule has 0 radical (unpaired) electrons. The predicted molar refractivity (Wildman–Crippen MR) is 131 cm³/mol. The van der Waals surface area contributed by atoms with Crippen LogP contribution in [0.4, 0.5) is 13.2 Å². The van der Waals surface area contributed by atoms with Crippen LogP contribution in [0.2, 0.25) is 0 Å². The number of aryl methyl sites for hydroxylation is 1. The second-order valence-electron chi connectivity index (χ2n) is 9.59. The van der Waals surface area contributed by atoms with Crippen LogP contribution in [0.25, 0.3) is 5.57 Å². The molecule has 0 saturated heterocycles. The highest BCUT2D eigenvalue weighted by atomic mass is 19.4. The van der Waals surface area contributed by atoms with Crippen LogP contribution in [0.15, 0.2) is 58.1 Å². The molecule has 1 aromatic carbocycles. The number of hydrogen-bond donors (Lipinski definition) is 2. The number of halogens is 3. The van der Waals surface area contributed by atoms with Crippen molar-refractivity contribution in [2.24, 2.45) is 0 Å². The fourth-order valence-corrected chi connectivity index (χ4v) is 5.25. The molecular formula is C28H27F3N2O3. The molecule has 1 amide bonds. The maximum absolute atomic E-state index is 13.8. The Bertz CT molecular complexity index is 1400. The van der Waals surface area contributed by atoms with Crippen molar-refractivity contribution >= 4 is 11.5 Å². The maximum atomic E-state index is 13.8. The van der Waals surface area contributed by atoms with Gasteiger partial charge in [-0.3, -0.25) is 9.59 Å². The summed E-state index contributed by atoms with van der Waals surface area (Å²) in [4.78, 5) is 28.2. The third-order valence-electron chi connectivity index (χ3n) is 7.03. The van der Waals surface area contributed by atoms with Gasteiger partial charge in [0.15, 0.2) is 0 Å². The topological polar surface area (TPSA) is 71.2 Å². The number of carbonyl (C=O) groups excluding carboxylic acids is 1. The van der Waals surface area contributed by atoms with Gasteiger partial charge in [0, 0.05) is 23.1 Å². The molecular weight excluding hydrogens is 469 g/mol. The lowest BCUT2D eigenvalue weighted by Gasteiger charge is -2.34. The van der Waals surface area contributed by atoms with E-state index in [1.165, 1.54) is 0 Å². The number of amides is 1. The van der Waals surface area contributed by atoms with E-state index in [-0.39, 0.29) is 11.1 Å². The molecule has 36 heavy (non-hydrogen) atoms. The quantitative estimate of drug-likeness (QED) is 0.508. The highest BCUT2D eigenvalue weighted by Crippen LogP contribution is 2.44. The van der Waals surface area contributed by atoms with Gasteiger partial charge in [0.1, 0.15) is 22.8 Å². The van der Waals surface area contributed by atoms with Crippen LogP contribution in [-0.4, -0.2) is 10.9 Å². The third-order valence-corrected chi connectivity index (χ3v) is 7.03. The van der Waals surface area contributed by atoms with E-state index in [1.807, 2.05) is 37.0 Å². The number of H-pyrrole nitrogens is 1. The molecule has 1 atom stereocenters. The van der Waals surface area contributed by atoms with Gasteiger partial charge in [-0.2, -0.15) is 13.2 Å². The highest BCUT2D eigenvalue weighted by Gasteiger charge is 2.38. The van der Waals surface area contributed by atoms with Crippen molar-refractivity contribution in [1.29, 1.82) is 0 Å². The molecule has 1 unspecified atom stereocenters. The fourth-order valence-electron chi connectivity index (χ4n) is 5.25. The van der Waals surface area contributed by atoms with Crippen molar-refractivity contribution in [3.63, 3.8) is 0 Å². The number of aromatic amines is 1. The molecule has 0 fully saturated rings. The number of alkyl halides is 3. The number of hydrogen-bond acceptors (Lipinski definition) is 3. The molecule has 2 heterocycles. The van der Waals surface area contributed by atoms with E-state index in [2.05, 4.69) is 11.4 Å². The highest BCUT2D eigenvalue weighted by molar-refractivity contribution is 5.95. The van der Waals surface area contributed by atoms with Gasteiger partial charge in [0.2, 0.25) is 0 Å². The fraction of sp³-hybridized carbons (Fsp3) is 0.357. The summed E-state index contributed by atoms with van der Waals surface area (Å²) in [7, 11) is 0. The second kappa shape index (κ2) is 9.15. The Balaban J connectivity index is 1.58. The first-order valence-corrected chi connectivity index (χ1v) is 12.2. The van der Waals surface area contributed by atoms with Gasteiger partial charge >= 0.3 is 6.18 Å². The largest absolute Gasteiger partial charge is 0.461 e. The Kier molecular flexibility index (Phi) is 6.14. The van der Waals surface area contributed by atoms with Gasteiger partial charge in [0.25, 0.3) is 11.5 Å². The Labute approximate surface area is 206 Å². The van der Waals surface area contributed by atoms with Crippen molar-refractivity contribution in [2.75, 3.05) is 0 Å². The summed E-state index contributed by atoms with van der Waals surface area (Å²) >= 11 is 0. The number of allylic oxidation sites excluding steroid dienone is 4. The lowest BCUT2D eigenvalue weighted by atomic mass is 9.85. The van der Waals surface area contributed by atoms with Crippen LogP contribution in [0.3, 0.4) is 0 Å². The minimum atomic E-state index is -4.75. The number of ether oxygens (including phenoxy) is 1. The number of benzene rings is 1. The number of carbonyl (C=O) groups is 1. The molecule has 0 spiro atoms. The lowest BCUT2D eigenvalue weighted by Crippen LogP contribution is -2.37. The van der Waals surface area contributed by atoms with E-state index in [9.17, 15) is 22.8 Å². The minimum Gasteiger partial charge on any atom is -0.461 e. The van der Waals surface area contributed by atoms with Gasteiger partial charge in [0.05, 0.1) is 6.04 Å².